The molecule has 3 rings (SSSR count). The molecule has 0 atom stereocenters. The van der Waals surface area contributed by atoms with Gasteiger partial charge in [-0.15, -0.1) is 11.3 Å². The Morgan fingerprint density at radius 1 is 1.43 bits per heavy atom. The molecule has 21 heavy (non-hydrogen) atoms. The molecule has 0 fully saturated rings. The van der Waals surface area contributed by atoms with Gasteiger partial charge in [-0.2, -0.15) is 4.98 Å². The first kappa shape index (κ1) is 13.7. The maximum Gasteiger partial charge on any atom is 0.246 e. The third kappa shape index (κ3) is 3.10. The summed E-state index contributed by atoms with van der Waals surface area (Å²) in [4.78, 5) is 21.2. The number of carbonyl (C=O) groups excluding carboxylic acids is 1. The summed E-state index contributed by atoms with van der Waals surface area (Å²) in [5.41, 5.74) is 2.08. The summed E-state index contributed by atoms with van der Waals surface area (Å²) in [5, 5.41) is 8.48. The van der Waals surface area contributed by atoms with Crippen molar-refractivity contribution in [3.05, 3.63) is 34.7 Å². The summed E-state index contributed by atoms with van der Waals surface area (Å²) < 4.78 is 6.98. The van der Waals surface area contributed by atoms with Crippen LogP contribution >= 0.6 is 11.3 Å². The smallest absolute Gasteiger partial charge is 0.246 e. The van der Waals surface area contributed by atoms with Crippen LogP contribution in [0.5, 0.6) is 0 Å². The lowest BCUT2D eigenvalue weighted by Gasteiger charge is -2.02. The fraction of sp³-hybridized carbons (Fsp3) is 0.385. The number of fused-ring (bicyclic) bond motifs is 1. The standard InChI is InChI=1S/C13H15N5O2S/c1-8-6-18-10(7-21-13(18)15-8)3-4-11(19)14-5-12-16-9(2)17-20-12/h6-7H,3-5H2,1-2H3,(H,14,19). The lowest BCUT2D eigenvalue weighted by Crippen LogP contribution is -2.23. The number of aromatic nitrogens is 4. The molecule has 1 amide bonds. The largest absolute Gasteiger partial charge is 0.347 e. The predicted molar refractivity (Wildman–Crippen MR) is 77.0 cm³/mol. The summed E-state index contributed by atoms with van der Waals surface area (Å²) in [6, 6.07) is 0. The fourth-order valence-electron chi connectivity index (χ4n) is 2.04. The van der Waals surface area contributed by atoms with E-state index in [1.165, 1.54) is 0 Å². The highest BCUT2D eigenvalue weighted by molar-refractivity contribution is 7.15. The third-order valence-electron chi connectivity index (χ3n) is 3.02. The molecule has 0 spiro atoms. The second-order valence-corrected chi connectivity index (χ2v) is 5.61. The van der Waals surface area contributed by atoms with Crippen molar-refractivity contribution in [3.8, 4) is 0 Å². The quantitative estimate of drug-likeness (QED) is 0.774. The maximum absolute atomic E-state index is 11.8. The zero-order valence-electron chi connectivity index (χ0n) is 11.8. The summed E-state index contributed by atoms with van der Waals surface area (Å²) in [7, 11) is 0. The van der Waals surface area contributed by atoms with Crippen LogP contribution in [0, 0.1) is 13.8 Å². The van der Waals surface area contributed by atoms with Gasteiger partial charge in [-0.3, -0.25) is 9.20 Å². The Labute approximate surface area is 125 Å². The lowest BCUT2D eigenvalue weighted by molar-refractivity contribution is -0.121. The summed E-state index contributed by atoms with van der Waals surface area (Å²) in [5.74, 6) is 0.946. The monoisotopic (exact) mass is 305 g/mol. The number of imidazole rings is 1. The number of carbonyl (C=O) groups is 1. The van der Waals surface area contributed by atoms with E-state index in [2.05, 4.69) is 20.4 Å². The number of thiazole rings is 1. The highest BCUT2D eigenvalue weighted by atomic mass is 32.1. The van der Waals surface area contributed by atoms with E-state index in [4.69, 9.17) is 4.52 Å². The molecule has 0 aliphatic rings. The molecule has 0 aliphatic heterocycles. The first-order chi connectivity index (χ1) is 10.1. The Kier molecular flexibility index (Phi) is 3.70. The van der Waals surface area contributed by atoms with Crippen molar-refractivity contribution in [2.24, 2.45) is 0 Å². The van der Waals surface area contributed by atoms with Crippen molar-refractivity contribution in [1.82, 2.24) is 24.8 Å². The van der Waals surface area contributed by atoms with Gasteiger partial charge in [0.25, 0.3) is 0 Å². The molecule has 3 aromatic heterocycles. The average molecular weight is 305 g/mol. The second kappa shape index (κ2) is 5.65. The van der Waals surface area contributed by atoms with E-state index >= 15 is 0 Å². The highest BCUT2D eigenvalue weighted by Gasteiger charge is 2.10. The number of hydrogen-bond acceptors (Lipinski definition) is 6. The van der Waals surface area contributed by atoms with Crippen molar-refractivity contribution in [2.75, 3.05) is 0 Å². The van der Waals surface area contributed by atoms with Gasteiger partial charge in [0, 0.05) is 23.7 Å². The molecular weight excluding hydrogens is 290 g/mol. The van der Waals surface area contributed by atoms with Crippen LogP contribution in [0.25, 0.3) is 4.96 Å². The molecule has 0 radical (unpaired) electrons. The van der Waals surface area contributed by atoms with E-state index in [0.717, 1.165) is 16.3 Å². The topological polar surface area (TPSA) is 85.3 Å². The number of rotatable bonds is 5. The van der Waals surface area contributed by atoms with Gasteiger partial charge in [0.2, 0.25) is 11.8 Å². The van der Waals surface area contributed by atoms with E-state index in [1.54, 1.807) is 18.3 Å². The van der Waals surface area contributed by atoms with Crippen molar-refractivity contribution >= 4 is 22.2 Å². The SMILES string of the molecule is Cc1cn2c(CCC(=O)NCc3nc(C)no3)csc2n1. The van der Waals surface area contributed by atoms with Crippen molar-refractivity contribution in [2.45, 2.75) is 33.2 Å². The number of amides is 1. The van der Waals surface area contributed by atoms with Crippen molar-refractivity contribution in [1.29, 1.82) is 0 Å². The van der Waals surface area contributed by atoms with Gasteiger partial charge in [0.15, 0.2) is 10.8 Å². The van der Waals surface area contributed by atoms with E-state index < -0.39 is 0 Å². The van der Waals surface area contributed by atoms with Crippen molar-refractivity contribution < 1.29 is 9.32 Å². The van der Waals surface area contributed by atoms with E-state index in [0.29, 0.717) is 24.6 Å². The second-order valence-electron chi connectivity index (χ2n) is 4.77. The normalized spacial score (nSPS) is 11.1. The van der Waals surface area contributed by atoms with Crippen LogP contribution in [-0.2, 0) is 17.8 Å². The van der Waals surface area contributed by atoms with Crippen molar-refractivity contribution in [3.63, 3.8) is 0 Å². The van der Waals surface area contributed by atoms with E-state index in [-0.39, 0.29) is 12.5 Å². The summed E-state index contributed by atoms with van der Waals surface area (Å²) in [6.07, 6.45) is 3.07. The van der Waals surface area contributed by atoms with Gasteiger partial charge in [0.05, 0.1) is 12.2 Å². The molecule has 0 saturated heterocycles. The molecule has 0 aliphatic carbocycles. The molecule has 7 nitrogen and oxygen atoms in total. The van der Waals surface area contributed by atoms with Crippen LogP contribution in [0.4, 0.5) is 0 Å². The Bertz CT molecular complexity index is 773. The zero-order valence-corrected chi connectivity index (χ0v) is 12.6. The Morgan fingerprint density at radius 2 is 2.29 bits per heavy atom. The molecular formula is C13H15N5O2S. The minimum Gasteiger partial charge on any atom is -0.347 e. The Hall–Kier alpha value is -2.22. The number of nitrogens with one attached hydrogen (secondary N) is 1. The van der Waals surface area contributed by atoms with Crippen LogP contribution < -0.4 is 5.32 Å². The highest BCUT2D eigenvalue weighted by Crippen LogP contribution is 2.17. The molecule has 0 unspecified atom stereocenters. The molecule has 0 saturated carbocycles. The predicted octanol–water partition coefficient (Wildman–Crippen LogP) is 1.64. The maximum atomic E-state index is 11.8. The number of aryl methyl sites for hydroxylation is 3. The molecule has 0 aromatic carbocycles. The molecule has 3 heterocycles. The van der Waals surface area contributed by atoms with Crippen LogP contribution in [-0.4, -0.2) is 25.4 Å². The van der Waals surface area contributed by atoms with Crippen LogP contribution in [0.3, 0.4) is 0 Å². The van der Waals surface area contributed by atoms with Crippen LogP contribution in [0.1, 0.15) is 29.5 Å². The lowest BCUT2D eigenvalue weighted by atomic mass is 10.2. The third-order valence-corrected chi connectivity index (χ3v) is 3.91. The summed E-state index contributed by atoms with van der Waals surface area (Å²) >= 11 is 1.59. The van der Waals surface area contributed by atoms with Gasteiger partial charge in [-0.25, -0.2) is 4.98 Å². The van der Waals surface area contributed by atoms with E-state index in [9.17, 15) is 4.79 Å². The van der Waals surface area contributed by atoms with Gasteiger partial charge in [-0.1, -0.05) is 5.16 Å². The Balaban J connectivity index is 1.53. The first-order valence-corrected chi connectivity index (χ1v) is 7.48. The van der Waals surface area contributed by atoms with Crippen LogP contribution in [0.2, 0.25) is 0 Å². The molecule has 8 heteroatoms. The minimum absolute atomic E-state index is 0.0398. The average Bonchev–Trinajstić information content (AvgIpc) is 3.10. The first-order valence-electron chi connectivity index (χ1n) is 6.60. The van der Waals surface area contributed by atoms with Gasteiger partial charge in [0.1, 0.15) is 0 Å². The van der Waals surface area contributed by atoms with Crippen LogP contribution in [0.15, 0.2) is 16.1 Å². The number of nitrogens with zero attached hydrogens (tertiary/aromatic N) is 4. The Morgan fingerprint density at radius 3 is 3.05 bits per heavy atom. The fourth-order valence-corrected chi connectivity index (χ4v) is 2.99. The molecule has 1 N–H and O–H groups in total. The molecule has 110 valence electrons. The number of hydrogen-bond donors (Lipinski definition) is 1. The summed E-state index contributed by atoms with van der Waals surface area (Å²) in [6.45, 7) is 3.97. The zero-order chi connectivity index (χ0) is 14.8. The minimum atomic E-state index is -0.0398. The van der Waals surface area contributed by atoms with Gasteiger partial charge >= 0.3 is 0 Å². The molecule has 3 aromatic rings. The van der Waals surface area contributed by atoms with Gasteiger partial charge in [-0.05, 0) is 20.3 Å². The molecule has 0 bridgehead atoms. The van der Waals surface area contributed by atoms with Gasteiger partial charge < -0.3 is 9.84 Å². The van der Waals surface area contributed by atoms with E-state index in [1.807, 2.05) is 22.9 Å².